The van der Waals surface area contributed by atoms with Gasteiger partial charge in [0.15, 0.2) is 0 Å². The van der Waals surface area contributed by atoms with Gasteiger partial charge in [0.25, 0.3) is 35.4 Å². The first-order valence-corrected chi connectivity index (χ1v) is 17.2. The van der Waals surface area contributed by atoms with Crippen LogP contribution >= 0.6 is 0 Å². The van der Waals surface area contributed by atoms with E-state index < -0.39 is 59.3 Å². The lowest BCUT2D eigenvalue weighted by Crippen LogP contribution is -2.60. The molecule has 13 nitrogen and oxygen atoms in total. The number of imide groups is 4. The Hall–Kier alpha value is -6.08. The highest BCUT2D eigenvalue weighted by Crippen LogP contribution is 2.35. The van der Waals surface area contributed by atoms with E-state index in [0.29, 0.717) is 33.0 Å². The van der Waals surface area contributed by atoms with Crippen LogP contribution in [0.3, 0.4) is 0 Å². The fourth-order valence-electron chi connectivity index (χ4n) is 7.91. The number of hydrogen-bond acceptors (Lipinski definition) is 9. The maximum absolute atomic E-state index is 13.7. The molecule has 4 aliphatic rings. The SMILES string of the molecule is CN(CCN1C(=O)CCC(N2C(=O)c3cccc4cccc(c34)C2=O)C1=O)CCN1C(=O)CCC(N2C(=O)c3cccc4cccc(c34)C2=O)C1=O. The number of rotatable bonds is 8. The zero-order valence-corrected chi connectivity index (χ0v) is 28.2. The Morgan fingerprint density at radius 2 is 0.846 bits per heavy atom. The van der Waals surface area contributed by atoms with Gasteiger partial charge in [-0.05, 0) is 54.9 Å². The van der Waals surface area contributed by atoms with Crippen molar-refractivity contribution >= 4 is 68.8 Å². The molecule has 4 heterocycles. The van der Waals surface area contributed by atoms with E-state index in [0.717, 1.165) is 30.4 Å². The molecule has 8 amide bonds. The van der Waals surface area contributed by atoms with Crippen LogP contribution in [0.1, 0.15) is 67.1 Å². The summed E-state index contributed by atoms with van der Waals surface area (Å²) >= 11 is 0. The molecule has 2 saturated heterocycles. The highest BCUT2D eigenvalue weighted by Gasteiger charge is 2.47. The van der Waals surface area contributed by atoms with E-state index in [1.165, 1.54) is 0 Å². The number of carbonyl (C=O) groups is 8. The molecule has 0 aromatic heterocycles. The monoisotopic (exact) mass is 699 g/mol. The topological polar surface area (TPSA) is 153 Å². The van der Waals surface area contributed by atoms with Gasteiger partial charge in [-0.2, -0.15) is 0 Å². The van der Waals surface area contributed by atoms with E-state index in [1.54, 1.807) is 60.5 Å². The summed E-state index contributed by atoms with van der Waals surface area (Å²) in [5, 5.41) is 2.57. The van der Waals surface area contributed by atoms with E-state index in [1.807, 2.05) is 24.3 Å². The number of carbonyl (C=O) groups excluding carboxylic acids is 8. The molecule has 52 heavy (non-hydrogen) atoms. The van der Waals surface area contributed by atoms with Gasteiger partial charge in [-0.15, -0.1) is 0 Å². The van der Waals surface area contributed by atoms with Crippen molar-refractivity contribution in [2.45, 2.75) is 37.8 Å². The van der Waals surface area contributed by atoms with Crippen molar-refractivity contribution in [2.75, 3.05) is 33.2 Å². The van der Waals surface area contributed by atoms with Crippen molar-refractivity contribution < 1.29 is 38.4 Å². The molecule has 13 heteroatoms. The van der Waals surface area contributed by atoms with E-state index >= 15 is 0 Å². The fourth-order valence-corrected chi connectivity index (χ4v) is 7.91. The van der Waals surface area contributed by atoms with Crippen LogP contribution in [0.25, 0.3) is 21.5 Å². The molecule has 4 aromatic rings. The van der Waals surface area contributed by atoms with Gasteiger partial charge in [-0.25, -0.2) is 0 Å². The van der Waals surface area contributed by atoms with E-state index in [2.05, 4.69) is 0 Å². The zero-order chi connectivity index (χ0) is 36.4. The van der Waals surface area contributed by atoms with E-state index in [-0.39, 0.29) is 51.9 Å². The fraction of sp³-hybridized carbons (Fsp3) is 0.282. The molecule has 0 radical (unpaired) electrons. The molecule has 0 spiro atoms. The second-order valence-corrected chi connectivity index (χ2v) is 13.6. The van der Waals surface area contributed by atoms with E-state index in [9.17, 15) is 38.4 Å². The molecular formula is C39H33N5O8. The van der Waals surface area contributed by atoms with Gasteiger partial charge in [-0.1, -0.05) is 48.5 Å². The summed E-state index contributed by atoms with van der Waals surface area (Å²) in [4.78, 5) is 114. The minimum atomic E-state index is -1.15. The lowest BCUT2D eigenvalue weighted by atomic mass is 9.91. The summed E-state index contributed by atoms with van der Waals surface area (Å²) in [6.45, 7) is 0.272. The van der Waals surface area contributed by atoms with Crippen LogP contribution in [0.5, 0.6) is 0 Å². The van der Waals surface area contributed by atoms with Crippen LogP contribution in [0.4, 0.5) is 0 Å². The van der Waals surface area contributed by atoms with Crippen molar-refractivity contribution in [3.8, 4) is 0 Å². The number of likely N-dealkylation sites (N-methyl/N-ethyl adjacent to an activating group) is 1. The summed E-state index contributed by atoms with van der Waals surface area (Å²) in [5.41, 5.74) is 1.29. The maximum atomic E-state index is 13.7. The molecule has 0 bridgehead atoms. The smallest absolute Gasteiger partial charge is 0.262 e. The molecular weight excluding hydrogens is 666 g/mol. The second-order valence-electron chi connectivity index (χ2n) is 13.6. The summed E-state index contributed by atoms with van der Waals surface area (Å²) in [7, 11) is 1.71. The largest absolute Gasteiger partial charge is 0.303 e. The number of amides is 8. The predicted octanol–water partition coefficient (Wildman–Crippen LogP) is 2.85. The molecule has 262 valence electrons. The summed E-state index contributed by atoms with van der Waals surface area (Å²) in [6, 6.07) is 18.3. The Morgan fingerprint density at radius 1 is 0.519 bits per heavy atom. The highest BCUT2D eigenvalue weighted by molar-refractivity contribution is 6.28. The van der Waals surface area contributed by atoms with Crippen LogP contribution in [-0.4, -0.2) is 117 Å². The lowest BCUT2D eigenvalue weighted by molar-refractivity contribution is -0.152. The number of benzene rings is 4. The van der Waals surface area contributed by atoms with Crippen LogP contribution in [0.15, 0.2) is 72.8 Å². The standard InChI is InChI=1S/C39H33N5O8/c1-40(18-20-41-30(45)16-14-28(38(41)51)43-34(47)24-10-2-6-22-7-3-11-25(32(22)24)35(43)48)19-21-42-31(46)17-15-29(39(42)52)44-36(49)26-12-4-8-23-9-5-13-27(33(23)26)37(44)50/h2-13,28-29H,14-21H2,1H3. The van der Waals surface area contributed by atoms with Gasteiger partial charge in [0.1, 0.15) is 12.1 Å². The Morgan fingerprint density at radius 3 is 1.17 bits per heavy atom. The number of nitrogens with zero attached hydrogens (tertiary/aromatic N) is 5. The Bertz CT molecular complexity index is 2040. The maximum Gasteiger partial charge on any atom is 0.262 e. The third-order valence-electron chi connectivity index (χ3n) is 10.6. The van der Waals surface area contributed by atoms with Gasteiger partial charge >= 0.3 is 0 Å². The molecule has 2 unspecified atom stereocenters. The van der Waals surface area contributed by atoms with Crippen LogP contribution in [-0.2, 0) is 19.2 Å². The average molecular weight is 700 g/mol. The Labute approximate surface area is 297 Å². The molecule has 4 aliphatic heterocycles. The van der Waals surface area contributed by atoms with Crippen molar-refractivity contribution in [3.05, 3.63) is 95.1 Å². The molecule has 2 fully saturated rings. The van der Waals surface area contributed by atoms with Gasteiger partial charge < -0.3 is 4.90 Å². The minimum absolute atomic E-state index is 0.0166. The van der Waals surface area contributed by atoms with Crippen LogP contribution in [0.2, 0.25) is 0 Å². The predicted molar refractivity (Wildman–Crippen MR) is 186 cm³/mol. The lowest BCUT2D eigenvalue weighted by Gasteiger charge is -2.39. The first-order chi connectivity index (χ1) is 25.1. The van der Waals surface area contributed by atoms with Gasteiger partial charge in [-0.3, -0.25) is 58.0 Å². The number of likely N-dealkylation sites (tertiary alicyclic amines) is 2. The third kappa shape index (κ3) is 5.10. The quantitative estimate of drug-likeness (QED) is 0.253. The third-order valence-corrected chi connectivity index (χ3v) is 10.6. The normalized spacial score (nSPS) is 20.7. The zero-order valence-electron chi connectivity index (χ0n) is 28.2. The van der Waals surface area contributed by atoms with Crippen LogP contribution in [0, 0.1) is 0 Å². The molecule has 0 aliphatic carbocycles. The minimum Gasteiger partial charge on any atom is -0.303 e. The molecule has 4 aromatic carbocycles. The van der Waals surface area contributed by atoms with Gasteiger partial charge in [0.05, 0.1) is 0 Å². The molecule has 0 saturated carbocycles. The Kier molecular flexibility index (Phi) is 8.02. The van der Waals surface area contributed by atoms with Crippen LogP contribution < -0.4 is 0 Å². The van der Waals surface area contributed by atoms with Crippen molar-refractivity contribution in [1.29, 1.82) is 0 Å². The van der Waals surface area contributed by atoms with Gasteiger partial charge in [0, 0.05) is 72.0 Å². The first kappa shape index (κ1) is 33.1. The van der Waals surface area contributed by atoms with E-state index in [4.69, 9.17) is 0 Å². The number of piperidine rings is 2. The highest BCUT2D eigenvalue weighted by atomic mass is 16.2. The molecule has 0 N–H and O–H groups in total. The summed E-state index contributed by atoms with van der Waals surface area (Å²) < 4.78 is 0. The average Bonchev–Trinajstić information content (AvgIpc) is 3.14. The van der Waals surface area contributed by atoms with Gasteiger partial charge in [0.2, 0.25) is 11.8 Å². The summed E-state index contributed by atoms with van der Waals surface area (Å²) in [5.74, 6) is -4.46. The molecule has 8 rings (SSSR count). The Balaban J connectivity index is 0.923. The van der Waals surface area contributed by atoms with Crippen molar-refractivity contribution in [2.24, 2.45) is 0 Å². The first-order valence-electron chi connectivity index (χ1n) is 17.2. The molecule has 2 atom stereocenters. The number of hydrogen-bond donors (Lipinski definition) is 0. The van der Waals surface area contributed by atoms with Crippen molar-refractivity contribution in [3.63, 3.8) is 0 Å². The second kappa shape index (κ2) is 12.6. The summed E-state index contributed by atoms with van der Waals surface area (Å²) in [6.07, 6.45) is -0.0340. The van der Waals surface area contributed by atoms with Crippen molar-refractivity contribution in [1.82, 2.24) is 24.5 Å².